The highest BCUT2D eigenvalue weighted by Gasteiger charge is 2.22. The molecule has 0 saturated heterocycles. The Kier molecular flexibility index (Phi) is 4.06. The quantitative estimate of drug-likeness (QED) is 0.788. The Hall–Kier alpha value is -2.40. The van der Waals surface area contributed by atoms with E-state index in [4.69, 9.17) is 26.4 Å². The predicted molar refractivity (Wildman–Crippen MR) is 84.6 cm³/mol. The first-order valence-electron chi connectivity index (χ1n) is 6.64. The molecule has 2 aromatic carbocycles. The molecule has 3 rings (SSSR count). The van der Waals surface area contributed by atoms with Crippen LogP contribution in [0, 0.1) is 5.82 Å². The van der Waals surface area contributed by atoms with Gasteiger partial charge in [0.25, 0.3) is 6.29 Å². The smallest absolute Gasteiger partial charge is 0.267 e. The first-order valence-corrected chi connectivity index (χ1v) is 7.04. The summed E-state index contributed by atoms with van der Waals surface area (Å²) in [4.78, 5) is 0. The number of thiocarbonyl (C=S) groups is 1. The molecule has 2 aromatic rings. The molecular weight excluding hydrogens is 303 g/mol. The molecule has 0 atom stereocenters. The van der Waals surface area contributed by atoms with Gasteiger partial charge in [0.2, 0.25) is 0 Å². The molecule has 0 amide bonds. The van der Waals surface area contributed by atoms with Gasteiger partial charge in [-0.15, -0.1) is 0 Å². The standard InChI is InChI=1S/C17H13FO3S/c1-19-17(22)14-5-3-2-4-12(14)13-7-6-11(18)10-15(13)16-20-8-9-21-16/h2-10,16H,1H3. The highest BCUT2D eigenvalue weighted by Crippen LogP contribution is 2.35. The summed E-state index contributed by atoms with van der Waals surface area (Å²) in [7, 11) is 1.53. The molecule has 0 fully saturated rings. The van der Waals surface area contributed by atoms with Crippen molar-refractivity contribution >= 4 is 17.3 Å². The molecule has 0 N–H and O–H groups in total. The Morgan fingerprint density at radius 1 is 1.09 bits per heavy atom. The number of rotatable bonds is 3. The van der Waals surface area contributed by atoms with Crippen LogP contribution in [0.1, 0.15) is 17.4 Å². The summed E-state index contributed by atoms with van der Waals surface area (Å²) in [6.45, 7) is 0. The molecule has 1 aliphatic rings. The van der Waals surface area contributed by atoms with Crippen LogP contribution in [0.5, 0.6) is 0 Å². The maximum absolute atomic E-state index is 13.7. The van der Waals surface area contributed by atoms with Gasteiger partial charge in [-0.05, 0) is 41.5 Å². The number of halogens is 1. The average molecular weight is 316 g/mol. The zero-order valence-corrected chi connectivity index (χ0v) is 12.6. The minimum absolute atomic E-state index is 0.357. The maximum Gasteiger partial charge on any atom is 0.267 e. The third kappa shape index (κ3) is 2.67. The molecular formula is C17H13FO3S. The molecule has 22 heavy (non-hydrogen) atoms. The maximum atomic E-state index is 13.7. The molecule has 3 nitrogen and oxygen atoms in total. The number of benzene rings is 2. The van der Waals surface area contributed by atoms with Crippen molar-refractivity contribution in [1.29, 1.82) is 0 Å². The van der Waals surface area contributed by atoms with Crippen LogP contribution in [0.4, 0.5) is 4.39 Å². The second-order valence-electron chi connectivity index (χ2n) is 4.64. The normalized spacial score (nSPS) is 13.5. The van der Waals surface area contributed by atoms with Gasteiger partial charge in [0, 0.05) is 11.1 Å². The number of ether oxygens (including phenoxy) is 3. The number of hydrogen-bond acceptors (Lipinski definition) is 4. The highest BCUT2D eigenvalue weighted by atomic mass is 32.1. The molecule has 0 bridgehead atoms. The predicted octanol–water partition coefficient (Wildman–Crippen LogP) is 4.33. The SMILES string of the molecule is COC(=S)c1ccccc1-c1ccc(F)cc1C1OC=CO1. The molecule has 0 radical (unpaired) electrons. The van der Waals surface area contributed by atoms with Gasteiger partial charge in [0.1, 0.15) is 18.3 Å². The van der Waals surface area contributed by atoms with Gasteiger partial charge >= 0.3 is 0 Å². The van der Waals surface area contributed by atoms with Crippen LogP contribution in [0.15, 0.2) is 55.0 Å². The Morgan fingerprint density at radius 2 is 1.82 bits per heavy atom. The van der Waals surface area contributed by atoms with Crippen molar-refractivity contribution in [2.45, 2.75) is 6.29 Å². The van der Waals surface area contributed by atoms with Crippen LogP contribution in [-0.2, 0) is 14.2 Å². The van der Waals surface area contributed by atoms with E-state index in [2.05, 4.69) is 0 Å². The summed E-state index contributed by atoms with van der Waals surface area (Å²) in [5.41, 5.74) is 2.98. The topological polar surface area (TPSA) is 27.7 Å². The minimum Gasteiger partial charge on any atom is -0.486 e. The van der Waals surface area contributed by atoms with Crippen LogP contribution in [0.3, 0.4) is 0 Å². The molecule has 0 spiro atoms. The fourth-order valence-electron chi connectivity index (χ4n) is 2.37. The van der Waals surface area contributed by atoms with E-state index in [0.29, 0.717) is 10.6 Å². The monoisotopic (exact) mass is 316 g/mol. The van der Waals surface area contributed by atoms with Crippen LogP contribution < -0.4 is 0 Å². The summed E-state index contributed by atoms with van der Waals surface area (Å²) in [6.07, 6.45) is 2.20. The van der Waals surface area contributed by atoms with E-state index in [-0.39, 0.29) is 5.82 Å². The van der Waals surface area contributed by atoms with E-state index in [1.54, 1.807) is 6.07 Å². The lowest BCUT2D eigenvalue weighted by molar-refractivity contribution is -0.0243. The molecule has 0 unspecified atom stereocenters. The van der Waals surface area contributed by atoms with E-state index >= 15 is 0 Å². The lowest BCUT2D eigenvalue weighted by Gasteiger charge is -2.17. The van der Waals surface area contributed by atoms with Crippen molar-refractivity contribution in [1.82, 2.24) is 0 Å². The second-order valence-corrected chi connectivity index (χ2v) is 5.02. The van der Waals surface area contributed by atoms with Crippen molar-refractivity contribution in [2.24, 2.45) is 0 Å². The first-order chi connectivity index (χ1) is 10.7. The van der Waals surface area contributed by atoms with Crippen molar-refractivity contribution in [3.8, 4) is 11.1 Å². The zero-order chi connectivity index (χ0) is 15.5. The van der Waals surface area contributed by atoms with Gasteiger partial charge in [0.15, 0.2) is 5.05 Å². The number of hydrogen-bond donors (Lipinski definition) is 0. The Bertz CT molecular complexity index is 734. The Morgan fingerprint density at radius 3 is 2.55 bits per heavy atom. The molecule has 5 heteroatoms. The van der Waals surface area contributed by atoms with Gasteiger partial charge < -0.3 is 14.2 Å². The lowest BCUT2D eigenvalue weighted by atomic mass is 9.95. The van der Waals surface area contributed by atoms with E-state index in [0.717, 1.165) is 16.7 Å². The van der Waals surface area contributed by atoms with Crippen molar-refractivity contribution < 1.29 is 18.6 Å². The largest absolute Gasteiger partial charge is 0.486 e. The van der Waals surface area contributed by atoms with Crippen LogP contribution in [0.2, 0.25) is 0 Å². The molecule has 1 heterocycles. The average Bonchev–Trinajstić information content (AvgIpc) is 3.08. The fraction of sp³-hybridized carbons (Fsp3) is 0.118. The Balaban J connectivity index is 2.14. The molecule has 1 aliphatic heterocycles. The lowest BCUT2D eigenvalue weighted by Crippen LogP contribution is -2.06. The molecule has 112 valence electrons. The van der Waals surface area contributed by atoms with Crippen LogP contribution in [0.25, 0.3) is 11.1 Å². The van der Waals surface area contributed by atoms with Crippen molar-refractivity contribution in [3.63, 3.8) is 0 Å². The second kappa shape index (κ2) is 6.15. The highest BCUT2D eigenvalue weighted by molar-refractivity contribution is 7.80. The molecule has 0 saturated carbocycles. The number of methoxy groups -OCH3 is 1. The van der Waals surface area contributed by atoms with E-state index < -0.39 is 6.29 Å². The van der Waals surface area contributed by atoms with Crippen molar-refractivity contribution in [3.05, 3.63) is 71.9 Å². The summed E-state index contributed by atoms with van der Waals surface area (Å²) < 4.78 is 29.5. The van der Waals surface area contributed by atoms with Gasteiger partial charge in [-0.25, -0.2) is 4.39 Å². The van der Waals surface area contributed by atoms with Gasteiger partial charge in [-0.1, -0.05) is 24.3 Å². The summed E-state index contributed by atoms with van der Waals surface area (Å²) in [5, 5.41) is 0.372. The van der Waals surface area contributed by atoms with Crippen LogP contribution >= 0.6 is 12.2 Å². The summed E-state index contributed by atoms with van der Waals surface area (Å²) in [5.74, 6) is -0.357. The van der Waals surface area contributed by atoms with E-state index in [1.807, 2.05) is 24.3 Å². The van der Waals surface area contributed by atoms with Gasteiger partial charge in [-0.3, -0.25) is 0 Å². The summed E-state index contributed by atoms with van der Waals surface area (Å²) >= 11 is 5.24. The molecule has 0 aromatic heterocycles. The summed E-state index contributed by atoms with van der Waals surface area (Å²) in [6, 6.07) is 12.0. The third-order valence-corrected chi connectivity index (χ3v) is 3.74. The molecule has 0 aliphatic carbocycles. The van der Waals surface area contributed by atoms with Crippen molar-refractivity contribution in [2.75, 3.05) is 7.11 Å². The van der Waals surface area contributed by atoms with E-state index in [9.17, 15) is 4.39 Å². The van der Waals surface area contributed by atoms with Gasteiger partial charge in [0.05, 0.1) is 7.11 Å². The zero-order valence-electron chi connectivity index (χ0n) is 11.8. The van der Waals surface area contributed by atoms with E-state index in [1.165, 1.54) is 31.8 Å². The fourth-order valence-corrected chi connectivity index (χ4v) is 2.54. The first kappa shape index (κ1) is 14.5. The van der Waals surface area contributed by atoms with Crippen LogP contribution in [-0.4, -0.2) is 12.2 Å². The third-order valence-electron chi connectivity index (χ3n) is 3.35. The van der Waals surface area contributed by atoms with Gasteiger partial charge in [-0.2, -0.15) is 0 Å². The minimum atomic E-state index is -0.671. The Labute approximate surface area is 132 Å².